The van der Waals surface area contributed by atoms with Crippen molar-refractivity contribution >= 4 is 11.6 Å². The number of aromatic nitrogens is 1. The second kappa shape index (κ2) is 11.6. The molecule has 0 spiro atoms. The molecule has 3 aromatic rings. The van der Waals surface area contributed by atoms with Crippen LogP contribution < -0.4 is 10.2 Å². The normalized spacial score (nSPS) is 10.4. The van der Waals surface area contributed by atoms with E-state index in [1.54, 1.807) is 18.3 Å². The molecule has 0 saturated heterocycles. The van der Waals surface area contributed by atoms with Gasteiger partial charge in [0.05, 0.1) is 6.20 Å². The summed E-state index contributed by atoms with van der Waals surface area (Å²) < 4.78 is 5.93. The summed E-state index contributed by atoms with van der Waals surface area (Å²) in [7, 11) is 4.00. The number of azide groups is 1. The number of hydrogen-bond acceptors (Lipinski definition) is 5. The molecule has 3 rings (SSSR count). The van der Waals surface area contributed by atoms with Crippen molar-refractivity contribution in [1.82, 2.24) is 10.3 Å². The summed E-state index contributed by atoms with van der Waals surface area (Å²) >= 11 is 0. The minimum atomic E-state index is -0.0975. The van der Waals surface area contributed by atoms with Gasteiger partial charge in [-0.25, -0.2) is 4.98 Å². The monoisotopic (exact) mass is 432 g/mol. The van der Waals surface area contributed by atoms with E-state index in [1.807, 2.05) is 55.4 Å². The average molecular weight is 433 g/mol. The Balaban J connectivity index is 1.51. The molecule has 0 fully saturated rings. The first-order chi connectivity index (χ1) is 15.6. The van der Waals surface area contributed by atoms with Crippen LogP contribution in [0, 0.1) is 0 Å². The number of carbonyl (C=O) groups is 1. The van der Waals surface area contributed by atoms with Crippen LogP contribution in [-0.2, 0) is 0 Å². The zero-order valence-electron chi connectivity index (χ0n) is 18.5. The highest BCUT2D eigenvalue weighted by atomic mass is 16.4. The molecule has 8 nitrogen and oxygen atoms in total. The highest BCUT2D eigenvalue weighted by molar-refractivity contribution is 5.94. The first-order valence-electron chi connectivity index (χ1n) is 10.7. The quantitative estimate of drug-likeness (QED) is 0.182. The van der Waals surface area contributed by atoms with Crippen molar-refractivity contribution in [3.8, 4) is 22.8 Å². The number of rotatable bonds is 11. The van der Waals surface area contributed by atoms with Crippen LogP contribution in [0.15, 0.2) is 64.3 Å². The number of carbonyl (C=O) groups excluding carboxylic acids is 1. The Morgan fingerprint density at radius 1 is 1.03 bits per heavy atom. The van der Waals surface area contributed by atoms with Crippen molar-refractivity contribution in [3.63, 3.8) is 0 Å². The highest BCUT2D eigenvalue weighted by Crippen LogP contribution is 2.27. The van der Waals surface area contributed by atoms with E-state index in [4.69, 9.17) is 9.95 Å². The molecule has 0 atom stereocenters. The van der Waals surface area contributed by atoms with E-state index in [9.17, 15) is 4.79 Å². The third-order valence-corrected chi connectivity index (χ3v) is 5.10. The third-order valence-electron chi connectivity index (χ3n) is 5.10. The van der Waals surface area contributed by atoms with Gasteiger partial charge in [-0.15, -0.1) is 0 Å². The van der Waals surface area contributed by atoms with Crippen molar-refractivity contribution in [2.45, 2.75) is 25.7 Å². The van der Waals surface area contributed by atoms with Gasteiger partial charge in [0.15, 0.2) is 5.76 Å². The molecule has 0 aliphatic rings. The van der Waals surface area contributed by atoms with Gasteiger partial charge in [-0.2, -0.15) is 0 Å². The molecule has 0 unspecified atom stereocenters. The molecule has 1 amide bonds. The zero-order chi connectivity index (χ0) is 22.8. The fraction of sp³-hybridized carbons (Fsp3) is 0.333. The summed E-state index contributed by atoms with van der Waals surface area (Å²) in [6, 6.07) is 15.3. The van der Waals surface area contributed by atoms with E-state index in [0.29, 0.717) is 30.3 Å². The standard InChI is InChI=1S/C24H28N6O2/c1-30(2)21-13-11-18(12-14-21)22-17-27-24(32-22)20-9-7-19(8-10-20)23(31)26-15-5-3-4-6-16-28-29-25/h7-14,17H,3-6,15-16H2,1-2H3,(H,26,31). The summed E-state index contributed by atoms with van der Waals surface area (Å²) in [6.45, 7) is 1.15. The van der Waals surface area contributed by atoms with Crippen molar-refractivity contribution in [1.29, 1.82) is 0 Å². The van der Waals surface area contributed by atoms with Gasteiger partial charge in [0.25, 0.3) is 5.91 Å². The third kappa shape index (κ3) is 6.36. The molecule has 32 heavy (non-hydrogen) atoms. The Bertz CT molecular complexity index is 1050. The summed E-state index contributed by atoms with van der Waals surface area (Å²) in [5, 5.41) is 6.44. The number of hydrogen-bond donors (Lipinski definition) is 1. The molecular weight excluding hydrogens is 404 g/mol. The summed E-state index contributed by atoms with van der Waals surface area (Å²) in [5.74, 6) is 1.12. The van der Waals surface area contributed by atoms with Crippen molar-refractivity contribution in [3.05, 3.63) is 70.7 Å². The van der Waals surface area contributed by atoms with Gasteiger partial charge >= 0.3 is 0 Å². The lowest BCUT2D eigenvalue weighted by Crippen LogP contribution is -2.24. The molecule has 1 aromatic heterocycles. The van der Waals surface area contributed by atoms with E-state index in [-0.39, 0.29) is 5.91 Å². The Hall–Kier alpha value is -3.77. The lowest BCUT2D eigenvalue weighted by Gasteiger charge is -2.11. The van der Waals surface area contributed by atoms with Crippen molar-refractivity contribution < 1.29 is 9.21 Å². The molecule has 1 N–H and O–H groups in total. The largest absolute Gasteiger partial charge is 0.436 e. The number of unbranched alkanes of at least 4 members (excludes halogenated alkanes) is 3. The topological polar surface area (TPSA) is 107 Å². The summed E-state index contributed by atoms with van der Waals surface area (Å²) in [5.41, 5.74) is 11.7. The van der Waals surface area contributed by atoms with E-state index in [1.165, 1.54) is 0 Å². The minimum absolute atomic E-state index is 0.0975. The van der Waals surface area contributed by atoms with Crippen LogP contribution in [0.3, 0.4) is 0 Å². The van der Waals surface area contributed by atoms with Crippen LogP contribution in [0.1, 0.15) is 36.0 Å². The van der Waals surface area contributed by atoms with Crippen LogP contribution in [0.4, 0.5) is 5.69 Å². The molecule has 0 radical (unpaired) electrons. The smallest absolute Gasteiger partial charge is 0.251 e. The Kier molecular flexibility index (Phi) is 8.29. The number of oxazole rings is 1. The second-order valence-electron chi connectivity index (χ2n) is 7.67. The fourth-order valence-electron chi connectivity index (χ4n) is 3.24. The van der Waals surface area contributed by atoms with Crippen LogP contribution in [0.2, 0.25) is 0 Å². The van der Waals surface area contributed by atoms with Gasteiger partial charge in [0, 0.05) is 54.5 Å². The Morgan fingerprint density at radius 3 is 2.41 bits per heavy atom. The van der Waals surface area contributed by atoms with E-state index in [0.717, 1.165) is 42.5 Å². The fourth-order valence-corrected chi connectivity index (χ4v) is 3.24. The van der Waals surface area contributed by atoms with Gasteiger partial charge in [0.2, 0.25) is 5.89 Å². The molecule has 0 saturated carbocycles. The maximum atomic E-state index is 12.3. The SMILES string of the molecule is CN(C)c1ccc(-c2cnc(-c3ccc(C(=O)NCCCCCCN=[N+]=[N-])cc3)o2)cc1. The molecule has 0 aliphatic heterocycles. The van der Waals surface area contributed by atoms with Crippen molar-refractivity contribution in [2.75, 3.05) is 32.1 Å². The van der Waals surface area contributed by atoms with E-state index < -0.39 is 0 Å². The lowest BCUT2D eigenvalue weighted by atomic mass is 10.1. The molecule has 2 aromatic carbocycles. The average Bonchev–Trinajstić information content (AvgIpc) is 3.31. The van der Waals surface area contributed by atoms with E-state index >= 15 is 0 Å². The van der Waals surface area contributed by atoms with Crippen LogP contribution in [0.5, 0.6) is 0 Å². The summed E-state index contributed by atoms with van der Waals surface area (Å²) in [6.07, 6.45) is 5.47. The maximum absolute atomic E-state index is 12.3. The molecule has 1 heterocycles. The molecule has 166 valence electrons. The zero-order valence-corrected chi connectivity index (χ0v) is 18.5. The summed E-state index contributed by atoms with van der Waals surface area (Å²) in [4.78, 5) is 21.5. The lowest BCUT2D eigenvalue weighted by molar-refractivity contribution is 0.0953. The number of amides is 1. The predicted molar refractivity (Wildman–Crippen MR) is 127 cm³/mol. The van der Waals surface area contributed by atoms with Crippen LogP contribution in [-0.4, -0.2) is 38.1 Å². The van der Waals surface area contributed by atoms with Gasteiger partial charge in [-0.1, -0.05) is 18.0 Å². The Morgan fingerprint density at radius 2 is 1.72 bits per heavy atom. The molecular formula is C24H28N6O2. The highest BCUT2D eigenvalue weighted by Gasteiger charge is 2.11. The van der Waals surface area contributed by atoms with Gasteiger partial charge < -0.3 is 14.6 Å². The van der Waals surface area contributed by atoms with E-state index in [2.05, 4.69) is 20.3 Å². The second-order valence-corrected chi connectivity index (χ2v) is 7.67. The molecule has 8 heteroatoms. The predicted octanol–water partition coefficient (Wildman–Crippen LogP) is 5.68. The number of nitrogens with one attached hydrogen (secondary N) is 1. The van der Waals surface area contributed by atoms with Crippen LogP contribution >= 0.6 is 0 Å². The first kappa shape index (κ1) is 22.9. The maximum Gasteiger partial charge on any atom is 0.251 e. The molecule has 0 bridgehead atoms. The van der Waals surface area contributed by atoms with Gasteiger partial charge in [-0.05, 0) is 66.9 Å². The van der Waals surface area contributed by atoms with Gasteiger partial charge in [-0.3, -0.25) is 4.79 Å². The van der Waals surface area contributed by atoms with Gasteiger partial charge in [0.1, 0.15) is 0 Å². The molecule has 0 aliphatic carbocycles. The van der Waals surface area contributed by atoms with Crippen molar-refractivity contribution in [2.24, 2.45) is 5.11 Å². The number of benzene rings is 2. The number of nitrogens with zero attached hydrogens (tertiary/aromatic N) is 5. The number of anilines is 1. The Labute approximate surface area is 187 Å². The first-order valence-corrected chi connectivity index (χ1v) is 10.7. The minimum Gasteiger partial charge on any atom is -0.436 e. The van der Waals surface area contributed by atoms with Crippen LogP contribution in [0.25, 0.3) is 33.2 Å².